The summed E-state index contributed by atoms with van der Waals surface area (Å²) in [6.45, 7) is 2.36. The minimum absolute atomic E-state index is 0.0372. The molecule has 1 atom stereocenters. The van der Waals surface area contributed by atoms with E-state index < -0.39 is 6.10 Å². The smallest absolute Gasteiger partial charge is 0.159 e. The van der Waals surface area contributed by atoms with Crippen LogP contribution in [0.1, 0.15) is 30.1 Å². The molecule has 1 aromatic rings. The Kier molecular flexibility index (Phi) is 4.33. The Balaban J connectivity index is 1.72. The lowest BCUT2D eigenvalue weighted by molar-refractivity contribution is 0.101. The molecule has 1 aromatic carbocycles. The fourth-order valence-electron chi connectivity index (χ4n) is 1.63. The van der Waals surface area contributed by atoms with Crippen molar-refractivity contribution < 1.29 is 14.6 Å². The number of benzene rings is 1. The molecule has 0 bridgehead atoms. The zero-order valence-electron chi connectivity index (χ0n) is 10.6. The third-order valence-electron chi connectivity index (χ3n) is 2.92. The fourth-order valence-corrected chi connectivity index (χ4v) is 1.63. The maximum Gasteiger partial charge on any atom is 0.159 e. The van der Waals surface area contributed by atoms with Crippen LogP contribution in [0.4, 0.5) is 0 Å². The summed E-state index contributed by atoms with van der Waals surface area (Å²) in [5.74, 6) is 0.709. The molecular formula is C14H19NO3. The Labute approximate surface area is 107 Å². The van der Waals surface area contributed by atoms with Gasteiger partial charge in [-0.3, -0.25) is 4.79 Å². The standard InChI is InChI=1S/C14H19NO3/c1-10(16)11-2-6-14(7-3-11)18-9-13(17)8-15-12-4-5-12/h2-3,6-7,12-13,15,17H,4-5,8-9H2,1H3. The van der Waals surface area contributed by atoms with E-state index in [0.29, 0.717) is 23.9 Å². The second kappa shape index (κ2) is 5.98. The highest BCUT2D eigenvalue weighted by Crippen LogP contribution is 2.18. The topological polar surface area (TPSA) is 58.6 Å². The molecule has 0 radical (unpaired) electrons. The summed E-state index contributed by atoms with van der Waals surface area (Å²) in [5, 5.41) is 12.9. The Morgan fingerprint density at radius 2 is 2.11 bits per heavy atom. The normalized spacial score (nSPS) is 16.3. The summed E-state index contributed by atoms with van der Waals surface area (Å²) < 4.78 is 5.45. The van der Waals surface area contributed by atoms with Crippen LogP contribution in [0.2, 0.25) is 0 Å². The molecule has 0 heterocycles. The maximum absolute atomic E-state index is 11.1. The number of Topliss-reactive ketones (excluding diaryl/α,β-unsaturated/α-hetero) is 1. The van der Waals surface area contributed by atoms with Crippen molar-refractivity contribution in [1.29, 1.82) is 0 Å². The molecule has 2 N–H and O–H groups in total. The first-order chi connectivity index (χ1) is 8.65. The van der Waals surface area contributed by atoms with Gasteiger partial charge in [0.15, 0.2) is 5.78 Å². The summed E-state index contributed by atoms with van der Waals surface area (Å²) >= 11 is 0. The number of hydrogen-bond donors (Lipinski definition) is 2. The van der Waals surface area contributed by atoms with Crippen molar-refractivity contribution in [3.05, 3.63) is 29.8 Å². The van der Waals surface area contributed by atoms with E-state index in [1.807, 2.05) is 0 Å². The molecule has 1 unspecified atom stereocenters. The SMILES string of the molecule is CC(=O)c1ccc(OCC(O)CNC2CC2)cc1. The predicted molar refractivity (Wildman–Crippen MR) is 69.0 cm³/mol. The number of aliphatic hydroxyl groups excluding tert-OH is 1. The van der Waals surface area contributed by atoms with Crippen molar-refractivity contribution in [3.8, 4) is 5.75 Å². The van der Waals surface area contributed by atoms with Crippen molar-refractivity contribution >= 4 is 5.78 Å². The van der Waals surface area contributed by atoms with Gasteiger partial charge in [-0.2, -0.15) is 0 Å². The first-order valence-corrected chi connectivity index (χ1v) is 6.30. The molecule has 1 aliphatic carbocycles. The maximum atomic E-state index is 11.1. The average Bonchev–Trinajstić information content (AvgIpc) is 3.18. The number of carbonyl (C=O) groups excluding carboxylic acids is 1. The molecule has 1 aliphatic rings. The van der Waals surface area contributed by atoms with E-state index >= 15 is 0 Å². The number of ether oxygens (including phenoxy) is 1. The van der Waals surface area contributed by atoms with Crippen LogP contribution < -0.4 is 10.1 Å². The number of carbonyl (C=O) groups is 1. The summed E-state index contributed by atoms with van der Waals surface area (Å²) in [4.78, 5) is 11.1. The van der Waals surface area contributed by atoms with Gasteiger partial charge >= 0.3 is 0 Å². The first kappa shape index (κ1) is 13.1. The highest BCUT2D eigenvalue weighted by atomic mass is 16.5. The molecule has 0 aromatic heterocycles. The summed E-state index contributed by atoms with van der Waals surface area (Å²) in [6, 6.07) is 7.55. The number of ketones is 1. The van der Waals surface area contributed by atoms with Crippen molar-refractivity contribution in [2.75, 3.05) is 13.2 Å². The molecule has 2 rings (SSSR count). The van der Waals surface area contributed by atoms with E-state index in [4.69, 9.17) is 4.74 Å². The molecule has 0 saturated heterocycles. The van der Waals surface area contributed by atoms with E-state index in [1.165, 1.54) is 19.8 Å². The van der Waals surface area contributed by atoms with Gasteiger partial charge in [0.1, 0.15) is 18.5 Å². The van der Waals surface area contributed by atoms with Gasteiger partial charge in [-0.1, -0.05) is 0 Å². The quantitative estimate of drug-likeness (QED) is 0.717. The van der Waals surface area contributed by atoms with Gasteiger partial charge in [0.2, 0.25) is 0 Å². The second-order valence-electron chi connectivity index (χ2n) is 4.73. The van der Waals surface area contributed by atoms with Crippen LogP contribution in [0.25, 0.3) is 0 Å². The van der Waals surface area contributed by atoms with Crippen molar-refractivity contribution in [3.63, 3.8) is 0 Å². The molecule has 98 valence electrons. The summed E-state index contributed by atoms with van der Waals surface area (Å²) in [6.07, 6.45) is 1.92. The summed E-state index contributed by atoms with van der Waals surface area (Å²) in [7, 11) is 0. The van der Waals surface area contributed by atoms with Crippen LogP contribution in [-0.2, 0) is 0 Å². The second-order valence-corrected chi connectivity index (χ2v) is 4.73. The largest absolute Gasteiger partial charge is 0.491 e. The van der Waals surface area contributed by atoms with Gasteiger partial charge in [0.05, 0.1) is 0 Å². The Morgan fingerprint density at radius 3 is 2.67 bits per heavy atom. The Bertz CT molecular complexity index is 398. The highest BCUT2D eigenvalue weighted by molar-refractivity contribution is 5.94. The molecule has 0 amide bonds. The molecule has 18 heavy (non-hydrogen) atoms. The third-order valence-corrected chi connectivity index (χ3v) is 2.92. The highest BCUT2D eigenvalue weighted by Gasteiger charge is 2.21. The molecule has 0 aliphatic heterocycles. The molecule has 1 saturated carbocycles. The van der Waals surface area contributed by atoms with Gasteiger partial charge in [-0.25, -0.2) is 0 Å². The lowest BCUT2D eigenvalue weighted by atomic mass is 10.1. The minimum Gasteiger partial charge on any atom is -0.491 e. The zero-order chi connectivity index (χ0) is 13.0. The monoisotopic (exact) mass is 249 g/mol. The molecule has 1 fully saturated rings. The minimum atomic E-state index is -0.502. The summed E-state index contributed by atoms with van der Waals surface area (Å²) in [5.41, 5.74) is 0.665. The number of rotatable bonds is 7. The Hall–Kier alpha value is -1.39. The van der Waals surface area contributed by atoms with Crippen LogP contribution in [-0.4, -0.2) is 36.2 Å². The van der Waals surface area contributed by atoms with Crippen LogP contribution in [0.5, 0.6) is 5.75 Å². The van der Waals surface area contributed by atoms with Crippen molar-refractivity contribution in [2.24, 2.45) is 0 Å². The van der Waals surface area contributed by atoms with Gasteiger partial charge < -0.3 is 15.2 Å². The lowest BCUT2D eigenvalue weighted by Crippen LogP contribution is -2.32. The van der Waals surface area contributed by atoms with Crippen LogP contribution in [0.3, 0.4) is 0 Å². The molecule has 4 heteroatoms. The number of aliphatic hydroxyl groups is 1. The van der Waals surface area contributed by atoms with Crippen LogP contribution >= 0.6 is 0 Å². The van der Waals surface area contributed by atoms with Crippen LogP contribution in [0.15, 0.2) is 24.3 Å². The van der Waals surface area contributed by atoms with E-state index in [0.717, 1.165) is 0 Å². The third kappa shape index (κ3) is 4.13. The van der Waals surface area contributed by atoms with Crippen LogP contribution in [0, 0.1) is 0 Å². The van der Waals surface area contributed by atoms with Gasteiger partial charge in [-0.05, 0) is 44.0 Å². The van der Waals surface area contributed by atoms with E-state index in [2.05, 4.69) is 5.32 Å². The molecule has 4 nitrogen and oxygen atoms in total. The van der Waals surface area contributed by atoms with E-state index in [1.54, 1.807) is 24.3 Å². The first-order valence-electron chi connectivity index (χ1n) is 6.30. The molecular weight excluding hydrogens is 230 g/mol. The zero-order valence-corrected chi connectivity index (χ0v) is 10.6. The van der Waals surface area contributed by atoms with Gasteiger partial charge in [-0.15, -0.1) is 0 Å². The van der Waals surface area contributed by atoms with Gasteiger partial charge in [0.25, 0.3) is 0 Å². The number of nitrogens with one attached hydrogen (secondary N) is 1. The fraction of sp³-hybridized carbons (Fsp3) is 0.500. The Morgan fingerprint density at radius 1 is 1.44 bits per heavy atom. The predicted octanol–water partition coefficient (Wildman–Crippen LogP) is 1.38. The molecule has 0 spiro atoms. The van der Waals surface area contributed by atoms with E-state index in [-0.39, 0.29) is 12.4 Å². The van der Waals surface area contributed by atoms with Crippen molar-refractivity contribution in [1.82, 2.24) is 5.32 Å². The average molecular weight is 249 g/mol. The van der Waals surface area contributed by atoms with Crippen molar-refractivity contribution in [2.45, 2.75) is 31.9 Å². The number of hydrogen-bond acceptors (Lipinski definition) is 4. The van der Waals surface area contributed by atoms with Gasteiger partial charge in [0, 0.05) is 18.2 Å². The lowest BCUT2D eigenvalue weighted by Gasteiger charge is -2.13. The van der Waals surface area contributed by atoms with E-state index in [9.17, 15) is 9.90 Å².